The van der Waals surface area contributed by atoms with Crippen LogP contribution in [0, 0.1) is 0 Å². The standard InChI is InChI=1S/C14H21N3S/c1-3-12(15)9-11-10-17(7-8-18-2)14-13(11)5-4-6-16-14/h4-6,10,12H,3,7-9,15H2,1-2H3. The quantitative estimate of drug-likeness (QED) is 0.871. The number of aromatic nitrogens is 2. The molecule has 0 saturated heterocycles. The second kappa shape index (κ2) is 6.25. The highest BCUT2D eigenvalue weighted by Crippen LogP contribution is 2.21. The summed E-state index contributed by atoms with van der Waals surface area (Å²) in [6.07, 6.45) is 8.17. The van der Waals surface area contributed by atoms with E-state index in [4.69, 9.17) is 5.73 Å². The van der Waals surface area contributed by atoms with Crippen LogP contribution >= 0.6 is 11.8 Å². The second-order valence-electron chi connectivity index (χ2n) is 4.59. The van der Waals surface area contributed by atoms with Crippen molar-refractivity contribution >= 4 is 22.8 Å². The van der Waals surface area contributed by atoms with E-state index in [0.29, 0.717) is 0 Å². The Balaban J connectivity index is 2.34. The van der Waals surface area contributed by atoms with Crippen LogP contribution in [-0.2, 0) is 13.0 Å². The largest absolute Gasteiger partial charge is 0.331 e. The maximum Gasteiger partial charge on any atom is 0.140 e. The second-order valence-corrected chi connectivity index (χ2v) is 5.57. The molecule has 1 atom stereocenters. The number of pyridine rings is 1. The minimum Gasteiger partial charge on any atom is -0.331 e. The molecule has 0 radical (unpaired) electrons. The Morgan fingerprint density at radius 3 is 3.06 bits per heavy atom. The zero-order chi connectivity index (χ0) is 13.0. The van der Waals surface area contributed by atoms with E-state index in [0.717, 1.165) is 30.8 Å². The predicted octanol–water partition coefficient (Wildman–Crippen LogP) is 2.68. The predicted molar refractivity (Wildman–Crippen MR) is 80.1 cm³/mol. The molecule has 0 aliphatic heterocycles. The highest BCUT2D eigenvalue weighted by Gasteiger charge is 2.11. The van der Waals surface area contributed by atoms with E-state index in [1.807, 2.05) is 24.0 Å². The first-order valence-corrected chi connectivity index (χ1v) is 7.83. The Labute approximate surface area is 113 Å². The van der Waals surface area contributed by atoms with Gasteiger partial charge in [0.1, 0.15) is 5.65 Å². The summed E-state index contributed by atoms with van der Waals surface area (Å²) in [6.45, 7) is 3.14. The molecular formula is C14H21N3S. The Hall–Kier alpha value is -1.00. The molecule has 0 aliphatic rings. The van der Waals surface area contributed by atoms with E-state index in [2.05, 4.69) is 35.0 Å². The van der Waals surface area contributed by atoms with Gasteiger partial charge in [0.2, 0.25) is 0 Å². The molecule has 0 aromatic carbocycles. The fourth-order valence-electron chi connectivity index (χ4n) is 2.14. The molecule has 0 bridgehead atoms. The van der Waals surface area contributed by atoms with Crippen molar-refractivity contribution in [1.29, 1.82) is 0 Å². The number of thioether (sulfide) groups is 1. The van der Waals surface area contributed by atoms with Crippen molar-refractivity contribution in [3.05, 3.63) is 30.1 Å². The first-order valence-electron chi connectivity index (χ1n) is 6.43. The summed E-state index contributed by atoms with van der Waals surface area (Å²) in [4.78, 5) is 4.50. The van der Waals surface area contributed by atoms with Gasteiger partial charge in [-0.2, -0.15) is 11.8 Å². The summed E-state index contributed by atoms with van der Waals surface area (Å²) in [5.41, 5.74) is 8.49. The van der Waals surface area contributed by atoms with Gasteiger partial charge in [0, 0.05) is 36.1 Å². The maximum atomic E-state index is 6.07. The van der Waals surface area contributed by atoms with E-state index < -0.39 is 0 Å². The molecule has 2 N–H and O–H groups in total. The minimum absolute atomic E-state index is 0.241. The summed E-state index contributed by atoms with van der Waals surface area (Å²) in [5, 5.41) is 1.25. The Morgan fingerprint density at radius 2 is 2.33 bits per heavy atom. The van der Waals surface area contributed by atoms with Gasteiger partial charge in [-0.3, -0.25) is 0 Å². The maximum absolute atomic E-state index is 6.07. The number of hydrogen-bond acceptors (Lipinski definition) is 3. The number of nitrogens with two attached hydrogens (primary N) is 1. The molecule has 98 valence electrons. The van der Waals surface area contributed by atoms with Crippen LogP contribution in [0.25, 0.3) is 11.0 Å². The van der Waals surface area contributed by atoms with Crippen molar-refractivity contribution in [2.45, 2.75) is 32.4 Å². The van der Waals surface area contributed by atoms with Crippen molar-refractivity contribution in [2.75, 3.05) is 12.0 Å². The molecule has 2 aromatic rings. The van der Waals surface area contributed by atoms with Gasteiger partial charge < -0.3 is 10.3 Å². The van der Waals surface area contributed by atoms with Gasteiger partial charge in [-0.15, -0.1) is 0 Å². The monoisotopic (exact) mass is 263 g/mol. The van der Waals surface area contributed by atoms with Crippen LogP contribution in [0.3, 0.4) is 0 Å². The number of hydrogen-bond donors (Lipinski definition) is 1. The van der Waals surface area contributed by atoms with E-state index in [1.54, 1.807) is 0 Å². The summed E-state index contributed by atoms with van der Waals surface area (Å²) >= 11 is 1.86. The third-order valence-corrected chi connectivity index (χ3v) is 3.85. The van der Waals surface area contributed by atoms with E-state index in [1.165, 1.54) is 10.9 Å². The van der Waals surface area contributed by atoms with Crippen LogP contribution in [0.2, 0.25) is 0 Å². The summed E-state index contributed by atoms with van der Waals surface area (Å²) in [6, 6.07) is 4.39. The van der Waals surface area contributed by atoms with Gasteiger partial charge in [-0.05, 0) is 36.8 Å². The molecule has 2 aromatic heterocycles. The average molecular weight is 263 g/mol. The molecule has 18 heavy (non-hydrogen) atoms. The van der Waals surface area contributed by atoms with Gasteiger partial charge >= 0.3 is 0 Å². The highest BCUT2D eigenvalue weighted by molar-refractivity contribution is 7.98. The molecule has 0 amide bonds. The van der Waals surface area contributed by atoms with Crippen LogP contribution in [0.15, 0.2) is 24.5 Å². The lowest BCUT2D eigenvalue weighted by atomic mass is 10.1. The van der Waals surface area contributed by atoms with E-state index in [9.17, 15) is 0 Å². The third kappa shape index (κ3) is 2.87. The first kappa shape index (κ1) is 13.4. The number of rotatable bonds is 6. The van der Waals surface area contributed by atoms with Gasteiger partial charge in [0.25, 0.3) is 0 Å². The minimum atomic E-state index is 0.241. The fraction of sp³-hybridized carbons (Fsp3) is 0.500. The van der Waals surface area contributed by atoms with E-state index >= 15 is 0 Å². The Bertz CT molecular complexity index is 507. The molecule has 0 aliphatic carbocycles. The third-order valence-electron chi connectivity index (χ3n) is 3.26. The zero-order valence-corrected chi connectivity index (χ0v) is 11.9. The molecular weight excluding hydrogens is 242 g/mol. The summed E-state index contributed by atoms with van der Waals surface area (Å²) in [7, 11) is 0. The normalized spacial score (nSPS) is 13.1. The fourth-order valence-corrected chi connectivity index (χ4v) is 2.52. The Morgan fingerprint density at radius 1 is 1.50 bits per heavy atom. The molecule has 0 fully saturated rings. The van der Waals surface area contributed by atoms with Crippen LogP contribution in [0.1, 0.15) is 18.9 Å². The van der Waals surface area contributed by atoms with Gasteiger partial charge in [-0.25, -0.2) is 4.98 Å². The summed E-state index contributed by atoms with van der Waals surface area (Å²) < 4.78 is 2.25. The lowest BCUT2D eigenvalue weighted by Crippen LogP contribution is -2.21. The van der Waals surface area contributed by atoms with Crippen molar-refractivity contribution in [3.8, 4) is 0 Å². The molecule has 4 heteroatoms. The van der Waals surface area contributed by atoms with Crippen LogP contribution in [0.5, 0.6) is 0 Å². The topological polar surface area (TPSA) is 43.8 Å². The van der Waals surface area contributed by atoms with Crippen LogP contribution < -0.4 is 5.73 Å². The average Bonchev–Trinajstić information content (AvgIpc) is 2.75. The lowest BCUT2D eigenvalue weighted by Gasteiger charge is -2.06. The molecule has 3 nitrogen and oxygen atoms in total. The Kier molecular flexibility index (Phi) is 4.66. The lowest BCUT2D eigenvalue weighted by molar-refractivity contribution is 0.646. The van der Waals surface area contributed by atoms with Gasteiger partial charge in [0.15, 0.2) is 0 Å². The molecule has 0 saturated carbocycles. The molecule has 2 heterocycles. The number of fused-ring (bicyclic) bond motifs is 1. The van der Waals surface area contributed by atoms with Crippen LogP contribution in [0.4, 0.5) is 0 Å². The molecule has 0 spiro atoms. The molecule has 2 rings (SSSR count). The highest BCUT2D eigenvalue weighted by atomic mass is 32.2. The van der Waals surface area contributed by atoms with Crippen molar-refractivity contribution in [2.24, 2.45) is 5.73 Å². The smallest absolute Gasteiger partial charge is 0.140 e. The van der Waals surface area contributed by atoms with Gasteiger partial charge in [0.05, 0.1) is 0 Å². The van der Waals surface area contributed by atoms with E-state index in [-0.39, 0.29) is 6.04 Å². The summed E-state index contributed by atoms with van der Waals surface area (Å²) in [5.74, 6) is 1.11. The number of nitrogens with zero attached hydrogens (tertiary/aromatic N) is 2. The van der Waals surface area contributed by atoms with Crippen molar-refractivity contribution < 1.29 is 0 Å². The zero-order valence-electron chi connectivity index (χ0n) is 11.1. The molecule has 1 unspecified atom stereocenters. The van der Waals surface area contributed by atoms with Crippen LogP contribution in [-0.4, -0.2) is 27.6 Å². The SMILES string of the molecule is CCC(N)Cc1cn(CCSC)c2ncccc12. The van der Waals surface area contributed by atoms with Crippen molar-refractivity contribution in [3.63, 3.8) is 0 Å². The van der Waals surface area contributed by atoms with Gasteiger partial charge in [-0.1, -0.05) is 6.92 Å². The van der Waals surface area contributed by atoms with Crippen molar-refractivity contribution in [1.82, 2.24) is 9.55 Å². The first-order chi connectivity index (χ1) is 8.76. The number of aryl methyl sites for hydroxylation is 1.